The molecule has 0 bridgehead atoms. The van der Waals surface area contributed by atoms with Crippen LogP contribution in [-0.4, -0.2) is 30.7 Å². The van der Waals surface area contributed by atoms with Gasteiger partial charge in [0.2, 0.25) is 5.91 Å². The maximum atomic E-state index is 12.7. The minimum Gasteiger partial charge on any atom is -0.365 e. The molecule has 136 valence electrons. The normalized spacial score (nSPS) is 15.9. The van der Waals surface area contributed by atoms with Crippen LogP contribution >= 0.6 is 23.1 Å². The predicted molar refractivity (Wildman–Crippen MR) is 107 cm³/mol. The van der Waals surface area contributed by atoms with E-state index in [1.807, 2.05) is 30.0 Å². The third-order valence-corrected chi connectivity index (χ3v) is 7.08. The summed E-state index contributed by atoms with van der Waals surface area (Å²) in [6, 6.07) is 8.15. The first kappa shape index (κ1) is 17.4. The molecule has 0 radical (unpaired) electrons. The highest BCUT2D eigenvalue weighted by molar-refractivity contribution is 7.99. The van der Waals surface area contributed by atoms with Gasteiger partial charge in [-0.25, -0.2) is 0 Å². The van der Waals surface area contributed by atoms with Gasteiger partial charge in [-0.05, 0) is 43.4 Å². The van der Waals surface area contributed by atoms with E-state index in [-0.39, 0.29) is 12.5 Å². The highest BCUT2D eigenvalue weighted by Gasteiger charge is 2.26. The number of rotatable bonds is 4. The largest absolute Gasteiger partial charge is 0.365 e. The van der Waals surface area contributed by atoms with Gasteiger partial charge in [0, 0.05) is 22.1 Å². The van der Waals surface area contributed by atoms with Gasteiger partial charge in [-0.2, -0.15) is 0 Å². The van der Waals surface area contributed by atoms with Crippen molar-refractivity contribution in [2.75, 3.05) is 29.1 Å². The van der Waals surface area contributed by atoms with Crippen LogP contribution in [0.15, 0.2) is 29.2 Å². The van der Waals surface area contributed by atoms with Crippen LogP contribution in [0.2, 0.25) is 0 Å². The topological polar surface area (TPSA) is 75.4 Å². The molecule has 26 heavy (non-hydrogen) atoms. The molecule has 0 spiro atoms. The molecular formula is C19H21N3O2S2. The van der Waals surface area contributed by atoms with E-state index in [9.17, 15) is 9.59 Å². The number of thioether (sulfide) groups is 1. The van der Waals surface area contributed by atoms with E-state index >= 15 is 0 Å². The molecule has 7 heteroatoms. The first-order valence-electron chi connectivity index (χ1n) is 8.84. The number of nitrogens with two attached hydrogens (primary N) is 1. The molecule has 2 amide bonds. The Kier molecular flexibility index (Phi) is 4.91. The predicted octanol–water partition coefficient (Wildman–Crippen LogP) is 3.28. The van der Waals surface area contributed by atoms with E-state index in [2.05, 4.69) is 16.3 Å². The summed E-state index contributed by atoms with van der Waals surface area (Å²) >= 11 is 3.33. The molecule has 0 unspecified atom stereocenters. The molecule has 0 fully saturated rings. The molecule has 0 atom stereocenters. The van der Waals surface area contributed by atoms with Crippen molar-refractivity contribution >= 4 is 45.6 Å². The van der Waals surface area contributed by atoms with Gasteiger partial charge >= 0.3 is 0 Å². The number of carbonyl (C=O) groups excluding carboxylic acids is 2. The molecule has 3 N–H and O–H groups in total. The summed E-state index contributed by atoms with van der Waals surface area (Å²) in [6.45, 7) is 1.11. The Bertz CT molecular complexity index is 862. The minimum atomic E-state index is -0.445. The number of nitrogens with zero attached hydrogens (tertiary/aromatic N) is 1. The van der Waals surface area contributed by atoms with E-state index in [0.29, 0.717) is 10.6 Å². The monoisotopic (exact) mass is 387 g/mol. The SMILES string of the molecule is NC(=O)c1c(NC(=O)CN2CCSc3ccccc32)sc2c1CCCC2. The van der Waals surface area contributed by atoms with Crippen molar-refractivity contribution in [2.45, 2.75) is 30.6 Å². The lowest BCUT2D eigenvalue weighted by atomic mass is 9.95. The van der Waals surface area contributed by atoms with Crippen LogP contribution < -0.4 is 16.0 Å². The molecule has 1 aliphatic carbocycles. The van der Waals surface area contributed by atoms with Crippen LogP contribution in [0.1, 0.15) is 33.6 Å². The lowest BCUT2D eigenvalue weighted by molar-refractivity contribution is -0.114. The van der Waals surface area contributed by atoms with Crippen molar-refractivity contribution in [3.8, 4) is 0 Å². The van der Waals surface area contributed by atoms with Crippen molar-refractivity contribution in [1.29, 1.82) is 0 Å². The number of fused-ring (bicyclic) bond motifs is 2. The van der Waals surface area contributed by atoms with Crippen molar-refractivity contribution in [3.05, 3.63) is 40.3 Å². The van der Waals surface area contributed by atoms with Crippen LogP contribution in [0.4, 0.5) is 10.7 Å². The summed E-state index contributed by atoms with van der Waals surface area (Å²) in [4.78, 5) is 29.1. The number of benzene rings is 1. The number of amides is 2. The molecule has 1 aromatic carbocycles. The smallest absolute Gasteiger partial charge is 0.251 e. The number of anilines is 2. The third kappa shape index (κ3) is 3.33. The van der Waals surface area contributed by atoms with E-state index in [1.165, 1.54) is 21.1 Å². The number of primary amides is 1. The highest BCUT2D eigenvalue weighted by atomic mass is 32.2. The second-order valence-corrected chi connectivity index (χ2v) is 8.81. The number of thiophene rings is 1. The van der Waals surface area contributed by atoms with Crippen molar-refractivity contribution < 1.29 is 9.59 Å². The Morgan fingerprint density at radius 3 is 2.85 bits per heavy atom. The minimum absolute atomic E-state index is 0.104. The Morgan fingerprint density at radius 2 is 2.00 bits per heavy atom. The first-order chi connectivity index (χ1) is 12.6. The van der Waals surface area contributed by atoms with Gasteiger partial charge < -0.3 is 16.0 Å². The number of hydrogen-bond donors (Lipinski definition) is 2. The van der Waals surface area contributed by atoms with Crippen molar-refractivity contribution in [3.63, 3.8) is 0 Å². The molecule has 1 aliphatic heterocycles. The van der Waals surface area contributed by atoms with Crippen LogP contribution in [0.25, 0.3) is 0 Å². The maximum absolute atomic E-state index is 12.7. The maximum Gasteiger partial charge on any atom is 0.251 e. The lowest BCUT2D eigenvalue weighted by Gasteiger charge is -2.30. The average molecular weight is 388 g/mol. The first-order valence-corrected chi connectivity index (χ1v) is 10.6. The fraction of sp³-hybridized carbons (Fsp3) is 0.368. The van der Waals surface area contributed by atoms with Crippen LogP contribution in [0.3, 0.4) is 0 Å². The van der Waals surface area contributed by atoms with Gasteiger partial charge in [0.25, 0.3) is 5.91 Å². The summed E-state index contributed by atoms with van der Waals surface area (Å²) in [7, 11) is 0. The summed E-state index contributed by atoms with van der Waals surface area (Å²) in [6.07, 6.45) is 4.03. The zero-order valence-electron chi connectivity index (χ0n) is 14.4. The molecule has 0 saturated carbocycles. The summed E-state index contributed by atoms with van der Waals surface area (Å²) in [5, 5.41) is 3.58. The number of aryl methyl sites for hydroxylation is 1. The number of nitrogens with one attached hydrogen (secondary N) is 1. The standard InChI is InChI=1S/C19H21N3O2S2/c20-18(24)17-12-5-1-3-7-14(12)26-19(17)21-16(23)11-22-9-10-25-15-8-4-2-6-13(15)22/h2,4,6,8H,1,3,5,7,9-11H2,(H2,20,24)(H,21,23). The molecular weight excluding hydrogens is 366 g/mol. The second kappa shape index (κ2) is 7.32. The molecule has 4 rings (SSSR count). The molecule has 1 aromatic heterocycles. The molecule has 2 heterocycles. The van der Waals surface area contributed by atoms with Gasteiger partial charge in [-0.15, -0.1) is 23.1 Å². The number of carbonyl (C=O) groups is 2. The number of para-hydroxylation sites is 1. The van der Waals surface area contributed by atoms with Gasteiger partial charge in [0.1, 0.15) is 5.00 Å². The van der Waals surface area contributed by atoms with E-state index in [4.69, 9.17) is 5.73 Å². The molecule has 0 saturated heterocycles. The van der Waals surface area contributed by atoms with Crippen LogP contribution in [0.5, 0.6) is 0 Å². The summed E-state index contributed by atoms with van der Waals surface area (Å²) in [5.41, 5.74) is 8.27. The fourth-order valence-electron chi connectivity index (χ4n) is 3.65. The van der Waals surface area contributed by atoms with Crippen LogP contribution in [0, 0.1) is 0 Å². The highest BCUT2D eigenvalue weighted by Crippen LogP contribution is 2.38. The second-order valence-electron chi connectivity index (χ2n) is 6.57. The summed E-state index contributed by atoms with van der Waals surface area (Å²) in [5.74, 6) is 0.414. The zero-order chi connectivity index (χ0) is 18.1. The Labute approximate surface area is 160 Å². The van der Waals surface area contributed by atoms with E-state index in [1.54, 1.807) is 0 Å². The third-order valence-electron chi connectivity index (χ3n) is 4.83. The summed E-state index contributed by atoms with van der Waals surface area (Å²) < 4.78 is 0. The zero-order valence-corrected chi connectivity index (χ0v) is 16.0. The molecule has 5 nitrogen and oxygen atoms in total. The molecule has 2 aromatic rings. The lowest BCUT2D eigenvalue weighted by Crippen LogP contribution is -2.36. The Morgan fingerprint density at radius 1 is 1.19 bits per heavy atom. The quantitative estimate of drug-likeness (QED) is 0.844. The van der Waals surface area contributed by atoms with Gasteiger partial charge in [-0.1, -0.05) is 12.1 Å². The van der Waals surface area contributed by atoms with E-state index in [0.717, 1.165) is 49.2 Å². The van der Waals surface area contributed by atoms with Crippen molar-refractivity contribution in [1.82, 2.24) is 0 Å². The fourth-order valence-corrected chi connectivity index (χ4v) is 6.01. The van der Waals surface area contributed by atoms with Gasteiger partial charge in [0.15, 0.2) is 0 Å². The molecule has 2 aliphatic rings. The van der Waals surface area contributed by atoms with Gasteiger partial charge in [0.05, 0.1) is 17.8 Å². The Balaban J connectivity index is 1.53. The van der Waals surface area contributed by atoms with Crippen LogP contribution in [-0.2, 0) is 17.6 Å². The van der Waals surface area contributed by atoms with E-state index < -0.39 is 5.91 Å². The Hall–Kier alpha value is -1.99. The average Bonchev–Trinajstić information content (AvgIpc) is 2.99. The van der Waals surface area contributed by atoms with Gasteiger partial charge in [-0.3, -0.25) is 9.59 Å². The van der Waals surface area contributed by atoms with Crippen molar-refractivity contribution in [2.24, 2.45) is 5.73 Å². The number of hydrogen-bond acceptors (Lipinski definition) is 5.